The van der Waals surface area contributed by atoms with Crippen molar-refractivity contribution >= 4 is 22.8 Å². The molecule has 5 nitrogen and oxygen atoms in total. The van der Waals surface area contributed by atoms with Crippen LogP contribution in [0, 0.1) is 17.6 Å². The molecule has 4 rings (SSSR count). The number of nitrogens with zero attached hydrogens (tertiary/aromatic N) is 1. The van der Waals surface area contributed by atoms with Crippen molar-refractivity contribution in [1.29, 1.82) is 0 Å². The third kappa shape index (κ3) is 4.52. The molecule has 3 aromatic rings. The van der Waals surface area contributed by atoms with Crippen LogP contribution in [0.4, 0.5) is 8.78 Å². The Morgan fingerprint density at radius 3 is 2.78 bits per heavy atom. The first kappa shape index (κ1) is 22.0. The number of benzene rings is 2. The maximum absolute atomic E-state index is 14.8. The molecular formula is C25H26F2N2O3. The van der Waals surface area contributed by atoms with Gasteiger partial charge in [0.1, 0.15) is 11.6 Å². The number of likely N-dealkylation sites (tertiary alicyclic amines) is 1. The molecule has 2 atom stereocenters. The van der Waals surface area contributed by atoms with Gasteiger partial charge in [0.05, 0.1) is 12.5 Å². The van der Waals surface area contributed by atoms with Gasteiger partial charge in [-0.15, -0.1) is 0 Å². The highest BCUT2D eigenvalue weighted by Gasteiger charge is 2.32. The number of rotatable bonds is 6. The van der Waals surface area contributed by atoms with E-state index in [4.69, 9.17) is 4.74 Å². The van der Waals surface area contributed by atoms with Crippen molar-refractivity contribution in [3.05, 3.63) is 71.4 Å². The molecule has 0 aliphatic carbocycles. The minimum Gasteiger partial charge on any atom is -0.466 e. The Balaban J connectivity index is 1.63. The fourth-order valence-corrected chi connectivity index (χ4v) is 4.51. The molecule has 1 fully saturated rings. The second-order valence-corrected chi connectivity index (χ2v) is 8.14. The van der Waals surface area contributed by atoms with Gasteiger partial charge < -0.3 is 14.6 Å². The molecule has 0 saturated carbocycles. The number of carbonyl (C=O) groups excluding carboxylic acids is 2. The lowest BCUT2D eigenvalue weighted by Gasteiger charge is -2.32. The van der Waals surface area contributed by atoms with Crippen molar-refractivity contribution in [2.75, 3.05) is 19.7 Å². The summed E-state index contributed by atoms with van der Waals surface area (Å²) in [5.41, 5.74) is 1.92. The third-order valence-electron chi connectivity index (χ3n) is 6.11. The summed E-state index contributed by atoms with van der Waals surface area (Å²) in [5, 5.41) is 0.886. The van der Waals surface area contributed by atoms with Gasteiger partial charge in [0.15, 0.2) is 0 Å². The number of aromatic amines is 1. The summed E-state index contributed by atoms with van der Waals surface area (Å²) in [6.07, 6.45) is 3.18. The predicted octanol–water partition coefficient (Wildman–Crippen LogP) is 4.77. The number of hydrogen-bond acceptors (Lipinski definition) is 3. The average molecular weight is 440 g/mol. The number of para-hydroxylation sites is 1. The van der Waals surface area contributed by atoms with E-state index in [1.807, 2.05) is 24.3 Å². The molecule has 2 heterocycles. The minimum atomic E-state index is -0.684. The molecule has 1 amide bonds. The Hall–Kier alpha value is -3.22. The first-order valence-electron chi connectivity index (χ1n) is 10.9. The topological polar surface area (TPSA) is 62.4 Å². The number of esters is 1. The Labute approximate surface area is 185 Å². The quantitative estimate of drug-likeness (QED) is 0.562. The molecule has 1 aliphatic heterocycles. The zero-order valence-electron chi connectivity index (χ0n) is 17.9. The molecule has 32 heavy (non-hydrogen) atoms. The van der Waals surface area contributed by atoms with Crippen molar-refractivity contribution < 1.29 is 23.1 Å². The highest BCUT2D eigenvalue weighted by Crippen LogP contribution is 2.36. The van der Waals surface area contributed by atoms with Gasteiger partial charge >= 0.3 is 5.97 Å². The van der Waals surface area contributed by atoms with Crippen LogP contribution in [0.2, 0.25) is 0 Å². The van der Waals surface area contributed by atoms with Crippen LogP contribution in [0.3, 0.4) is 0 Å². The molecule has 1 saturated heterocycles. The van der Waals surface area contributed by atoms with Crippen LogP contribution in [0.1, 0.15) is 43.2 Å². The maximum atomic E-state index is 14.8. The summed E-state index contributed by atoms with van der Waals surface area (Å²) >= 11 is 0. The summed E-state index contributed by atoms with van der Waals surface area (Å²) in [6, 6.07) is 11.1. The van der Waals surface area contributed by atoms with Gasteiger partial charge in [0, 0.05) is 48.6 Å². The highest BCUT2D eigenvalue weighted by molar-refractivity contribution is 5.86. The predicted molar refractivity (Wildman–Crippen MR) is 117 cm³/mol. The van der Waals surface area contributed by atoms with E-state index >= 15 is 0 Å². The van der Waals surface area contributed by atoms with E-state index in [1.54, 1.807) is 18.0 Å². The van der Waals surface area contributed by atoms with E-state index in [0.29, 0.717) is 32.5 Å². The lowest BCUT2D eigenvalue weighted by molar-refractivity contribution is -0.151. The normalized spacial score (nSPS) is 17.3. The molecule has 7 heteroatoms. The Morgan fingerprint density at radius 1 is 1.19 bits per heavy atom. The highest BCUT2D eigenvalue weighted by atomic mass is 19.1. The molecule has 1 N–H and O–H groups in total. The average Bonchev–Trinajstić information content (AvgIpc) is 3.22. The van der Waals surface area contributed by atoms with Gasteiger partial charge in [-0.05, 0) is 43.0 Å². The fourth-order valence-electron chi connectivity index (χ4n) is 4.51. The molecule has 2 aromatic carbocycles. The van der Waals surface area contributed by atoms with Gasteiger partial charge in [-0.3, -0.25) is 9.59 Å². The van der Waals surface area contributed by atoms with Crippen LogP contribution in [0.15, 0.2) is 48.7 Å². The van der Waals surface area contributed by atoms with E-state index in [2.05, 4.69) is 4.98 Å². The number of hydrogen-bond donors (Lipinski definition) is 1. The van der Waals surface area contributed by atoms with Crippen LogP contribution >= 0.6 is 0 Å². The Morgan fingerprint density at radius 2 is 2.00 bits per heavy atom. The second kappa shape index (κ2) is 9.51. The monoisotopic (exact) mass is 440 g/mol. The number of piperidine rings is 1. The number of aromatic nitrogens is 1. The third-order valence-corrected chi connectivity index (χ3v) is 6.11. The summed E-state index contributed by atoms with van der Waals surface area (Å²) in [6.45, 7) is 2.90. The molecule has 1 aliphatic rings. The van der Waals surface area contributed by atoms with Crippen LogP contribution in [-0.2, 0) is 14.3 Å². The fraction of sp³-hybridized carbons (Fsp3) is 0.360. The van der Waals surface area contributed by atoms with E-state index in [-0.39, 0.29) is 29.8 Å². The lowest BCUT2D eigenvalue weighted by atomic mass is 9.87. The largest absolute Gasteiger partial charge is 0.466 e. The number of nitrogens with one attached hydrogen (secondary N) is 1. The SMILES string of the molecule is CCOC(=O)C1CCCN(C(=O)CC(c2ccc(F)cc2F)c2c[nH]c3ccccc23)C1. The van der Waals surface area contributed by atoms with Gasteiger partial charge in [-0.1, -0.05) is 24.3 Å². The molecule has 1 aromatic heterocycles. The zero-order valence-corrected chi connectivity index (χ0v) is 17.9. The van der Waals surface area contributed by atoms with Crippen molar-refractivity contribution in [1.82, 2.24) is 9.88 Å². The molecule has 0 radical (unpaired) electrons. The second-order valence-electron chi connectivity index (χ2n) is 8.14. The van der Waals surface area contributed by atoms with E-state index in [0.717, 1.165) is 22.5 Å². The standard InChI is InChI=1S/C25H26F2N2O3/c1-2-32-25(31)16-6-5-11-29(15-16)24(30)13-20(18-10-9-17(26)12-22(18)27)21-14-28-23-8-4-3-7-19(21)23/h3-4,7-10,12,14,16,20,28H,2,5-6,11,13,15H2,1H3. The van der Waals surface area contributed by atoms with Crippen molar-refractivity contribution in [3.8, 4) is 0 Å². The van der Waals surface area contributed by atoms with Crippen LogP contribution in [0.25, 0.3) is 10.9 Å². The molecule has 168 valence electrons. The van der Waals surface area contributed by atoms with Gasteiger partial charge in [-0.25, -0.2) is 8.78 Å². The molecule has 2 unspecified atom stereocenters. The number of amides is 1. The molecule has 0 bridgehead atoms. The number of halogens is 2. The van der Waals surface area contributed by atoms with E-state index in [1.165, 1.54) is 12.1 Å². The van der Waals surface area contributed by atoms with Crippen molar-refractivity contribution in [3.63, 3.8) is 0 Å². The lowest BCUT2D eigenvalue weighted by Crippen LogP contribution is -2.43. The smallest absolute Gasteiger partial charge is 0.310 e. The summed E-state index contributed by atoms with van der Waals surface area (Å²) < 4.78 is 33.5. The van der Waals surface area contributed by atoms with E-state index in [9.17, 15) is 18.4 Å². The maximum Gasteiger partial charge on any atom is 0.310 e. The number of H-pyrrole nitrogens is 1. The van der Waals surface area contributed by atoms with Gasteiger partial charge in [-0.2, -0.15) is 0 Å². The van der Waals surface area contributed by atoms with Crippen LogP contribution in [-0.4, -0.2) is 41.5 Å². The number of ether oxygens (including phenoxy) is 1. The summed E-state index contributed by atoms with van der Waals surface area (Å²) in [4.78, 5) is 30.3. The Kier molecular flexibility index (Phi) is 6.53. The van der Waals surface area contributed by atoms with Gasteiger partial charge in [0.25, 0.3) is 0 Å². The van der Waals surface area contributed by atoms with E-state index < -0.39 is 17.6 Å². The van der Waals surface area contributed by atoms with Crippen molar-refractivity contribution in [2.45, 2.75) is 32.1 Å². The first-order valence-corrected chi connectivity index (χ1v) is 10.9. The van der Waals surface area contributed by atoms with Crippen LogP contribution < -0.4 is 0 Å². The summed E-state index contributed by atoms with van der Waals surface area (Å²) in [5.74, 6) is -2.75. The van der Waals surface area contributed by atoms with Crippen LogP contribution in [0.5, 0.6) is 0 Å². The van der Waals surface area contributed by atoms with Crippen molar-refractivity contribution in [2.24, 2.45) is 5.92 Å². The molecular weight excluding hydrogens is 414 g/mol. The molecule has 0 spiro atoms. The first-order chi connectivity index (χ1) is 15.5. The zero-order chi connectivity index (χ0) is 22.7. The number of fused-ring (bicyclic) bond motifs is 1. The Bertz CT molecular complexity index is 1130. The summed E-state index contributed by atoms with van der Waals surface area (Å²) in [7, 11) is 0. The van der Waals surface area contributed by atoms with Gasteiger partial charge in [0.2, 0.25) is 5.91 Å². The minimum absolute atomic E-state index is 0.0138. The number of carbonyl (C=O) groups is 2.